The number of hydrogen-bond donors (Lipinski definition) is 0. The van der Waals surface area contributed by atoms with Crippen LogP contribution in [-0.4, -0.2) is 6.04 Å². The van der Waals surface area contributed by atoms with Gasteiger partial charge in [0.25, 0.3) is 0 Å². The SMILES string of the molecule is C=Cc1sc2c(c1/C=C\C)C(N1c3ccccc3C3C=C(c4cccc5ccccc45)C=CC31)=CCC2. The Hall–Kier alpha value is -3.88. The predicted molar refractivity (Wildman–Crippen MR) is 162 cm³/mol. The molecule has 4 aromatic rings. The molecule has 7 rings (SSSR count). The molecule has 0 N–H and O–H groups in total. The van der Waals surface area contributed by atoms with Crippen molar-refractivity contribution in [1.82, 2.24) is 0 Å². The minimum absolute atomic E-state index is 0.263. The second-order valence-corrected chi connectivity index (χ2v) is 11.1. The van der Waals surface area contributed by atoms with Gasteiger partial charge in [0.15, 0.2) is 0 Å². The van der Waals surface area contributed by atoms with E-state index in [1.54, 1.807) is 0 Å². The van der Waals surface area contributed by atoms with E-state index in [1.807, 2.05) is 17.4 Å². The van der Waals surface area contributed by atoms with Crippen LogP contribution in [0.2, 0.25) is 0 Å². The lowest BCUT2D eigenvalue weighted by Crippen LogP contribution is -2.32. The van der Waals surface area contributed by atoms with E-state index < -0.39 is 0 Å². The van der Waals surface area contributed by atoms with Crippen molar-refractivity contribution in [2.24, 2.45) is 0 Å². The molecule has 1 aromatic heterocycles. The molecule has 2 heterocycles. The van der Waals surface area contributed by atoms with Gasteiger partial charge in [-0.05, 0) is 53.3 Å². The topological polar surface area (TPSA) is 3.24 Å². The summed E-state index contributed by atoms with van der Waals surface area (Å²) in [7, 11) is 0. The van der Waals surface area contributed by atoms with Crippen molar-refractivity contribution in [2.75, 3.05) is 4.90 Å². The summed E-state index contributed by atoms with van der Waals surface area (Å²) in [6.07, 6.45) is 18.4. The van der Waals surface area contributed by atoms with Crippen molar-refractivity contribution < 1.29 is 0 Å². The van der Waals surface area contributed by atoms with E-state index in [0.717, 1.165) is 12.8 Å². The molecule has 0 saturated carbocycles. The molecule has 2 heteroatoms. The van der Waals surface area contributed by atoms with Crippen LogP contribution < -0.4 is 4.90 Å². The number of para-hydroxylation sites is 1. The fraction of sp³-hybridized carbons (Fsp3) is 0.143. The largest absolute Gasteiger partial charge is 0.333 e. The van der Waals surface area contributed by atoms with Crippen LogP contribution in [0.15, 0.2) is 104 Å². The molecule has 1 aliphatic heterocycles. The lowest BCUT2D eigenvalue weighted by molar-refractivity contribution is 0.746. The Labute approximate surface area is 223 Å². The molecule has 2 atom stereocenters. The highest BCUT2D eigenvalue weighted by Crippen LogP contribution is 2.52. The first-order chi connectivity index (χ1) is 18.3. The maximum Gasteiger partial charge on any atom is 0.0630 e. The molecular formula is C35H29NS. The summed E-state index contributed by atoms with van der Waals surface area (Å²) in [4.78, 5) is 5.36. The van der Waals surface area contributed by atoms with Crippen LogP contribution in [-0.2, 0) is 6.42 Å². The quantitative estimate of drug-likeness (QED) is 0.272. The third kappa shape index (κ3) is 3.43. The first-order valence-electron chi connectivity index (χ1n) is 13.2. The highest BCUT2D eigenvalue weighted by Gasteiger charge is 2.41. The fourth-order valence-electron chi connectivity index (χ4n) is 6.40. The number of allylic oxidation sites excluding steroid dienone is 4. The molecular weight excluding hydrogens is 466 g/mol. The molecule has 3 aliphatic rings. The normalized spacial score (nSPS) is 20.0. The van der Waals surface area contributed by atoms with Gasteiger partial charge in [0.1, 0.15) is 0 Å². The number of thiophene rings is 1. The number of fused-ring (bicyclic) bond motifs is 5. The number of hydrogen-bond acceptors (Lipinski definition) is 2. The van der Waals surface area contributed by atoms with Gasteiger partial charge >= 0.3 is 0 Å². The van der Waals surface area contributed by atoms with Crippen LogP contribution in [0.1, 0.15) is 51.3 Å². The molecule has 0 saturated heterocycles. The predicted octanol–water partition coefficient (Wildman–Crippen LogP) is 9.49. The van der Waals surface area contributed by atoms with E-state index in [0.29, 0.717) is 5.92 Å². The Bertz CT molecular complexity index is 1670. The fourth-order valence-corrected chi connectivity index (χ4v) is 7.57. The summed E-state index contributed by atoms with van der Waals surface area (Å²) in [5.41, 5.74) is 9.43. The third-order valence-electron chi connectivity index (χ3n) is 7.94. The van der Waals surface area contributed by atoms with Gasteiger partial charge in [0.2, 0.25) is 0 Å². The standard InChI is InChI=1S/C35H29NS/c1-3-11-28-33(4-2)37-34-19-10-18-32(35(28)34)36-30-17-8-7-15-27(30)29-22-24(20-21-31(29)36)26-16-9-13-23-12-5-6-14-25(23)26/h3-9,11-18,20-22,29,31H,2,10,19H2,1H3/b11-3-. The Morgan fingerprint density at radius 1 is 1.00 bits per heavy atom. The Morgan fingerprint density at radius 2 is 1.84 bits per heavy atom. The van der Waals surface area contributed by atoms with Gasteiger partial charge in [-0.1, -0.05) is 110 Å². The van der Waals surface area contributed by atoms with Crippen LogP contribution in [0.25, 0.3) is 34.2 Å². The van der Waals surface area contributed by atoms with Crippen molar-refractivity contribution in [3.63, 3.8) is 0 Å². The zero-order valence-electron chi connectivity index (χ0n) is 21.0. The van der Waals surface area contributed by atoms with Crippen LogP contribution in [0, 0.1) is 0 Å². The summed E-state index contributed by atoms with van der Waals surface area (Å²) in [6.45, 7) is 6.23. The first kappa shape index (κ1) is 22.3. The zero-order chi connectivity index (χ0) is 24.9. The Kier molecular flexibility index (Phi) is 5.37. The maximum absolute atomic E-state index is 4.12. The average Bonchev–Trinajstić information content (AvgIpc) is 3.48. The maximum atomic E-state index is 4.12. The Morgan fingerprint density at radius 3 is 2.73 bits per heavy atom. The second-order valence-electron chi connectivity index (χ2n) is 9.96. The summed E-state index contributed by atoms with van der Waals surface area (Å²) in [5.74, 6) is 0.309. The lowest BCUT2D eigenvalue weighted by Gasteiger charge is -2.33. The number of aryl methyl sites for hydroxylation is 1. The minimum atomic E-state index is 0.263. The van der Waals surface area contributed by atoms with Crippen LogP contribution in [0.3, 0.4) is 0 Å². The van der Waals surface area contributed by atoms with Crippen molar-refractivity contribution in [3.05, 3.63) is 136 Å². The van der Waals surface area contributed by atoms with Gasteiger partial charge in [-0.15, -0.1) is 11.3 Å². The van der Waals surface area contributed by atoms with Crippen molar-refractivity contribution in [3.8, 4) is 0 Å². The molecule has 2 aliphatic carbocycles. The van der Waals surface area contributed by atoms with Crippen molar-refractivity contribution in [1.29, 1.82) is 0 Å². The highest BCUT2D eigenvalue weighted by atomic mass is 32.1. The third-order valence-corrected chi connectivity index (χ3v) is 9.21. The molecule has 0 bridgehead atoms. The molecule has 0 amide bonds. The van der Waals surface area contributed by atoms with E-state index in [4.69, 9.17) is 0 Å². The number of rotatable bonds is 4. The lowest BCUT2D eigenvalue weighted by atomic mass is 9.85. The molecule has 37 heavy (non-hydrogen) atoms. The van der Waals surface area contributed by atoms with Gasteiger partial charge in [-0.3, -0.25) is 0 Å². The van der Waals surface area contributed by atoms with E-state index in [2.05, 4.69) is 122 Å². The molecule has 1 nitrogen and oxygen atoms in total. The van der Waals surface area contributed by atoms with Gasteiger partial charge in [-0.2, -0.15) is 0 Å². The van der Waals surface area contributed by atoms with Gasteiger partial charge in [0, 0.05) is 38.2 Å². The van der Waals surface area contributed by atoms with Crippen molar-refractivity contribution in [2.45, 2.75) is 31.7 Å². The summed E-state index contributed by atoms with van der Waals surface area (Å²) >= 11 is 1.91. The van der Waals surface area contributed by atoms with Crippen LogP contribution in [0.5, 0.6) is 0 Å². The van der Waals surface area contributed by atoms with E-state index in [1.165, 1.54) is 59.7 Å². The van der Waals surface area contributed by atoms with E-state index in [-0.39, 0.29) is 6.04 Å². The number of anilines is 1. The minimum Gasteiger partial charge on any atom is -0.333 e. The van der Waals surface area contributed by atoms with Crippen LogP contribution >= 0.6 is 11.3 Å². The molecule has 2 unspecified atom stereocenters. The van der Waals surface area contributed by atoms with Gasteiger partial charge < -0.3 is 4.90 Å². The van der Waals surface area contributed by atoms with E-state index in [9.17, 15) is 0 Å². The molecule has 0 radical (unpaired) electrons. The second kappa shape index (κ2) is 8.90. The first-order valence-corrected chi connectivity index (χ1v) is 14.0. The number of benzene rings is 3. The van der Waals surface area contributed by atoms with Crippen LogP contribution in [0.4, 0.5) is 5.69 Å². The summed E-state index contributed by atoms with van der Waals surface area (Å²) in [5, 5.41) is 2.60. The van der Waals surface area contributed by atoms with E-state index >= 15 is 0 Å². The molecule has 0 fully saturated rings. The average molecular weight is 496 g/mol. The zero-order valence-corrected chi connectivity index (χ0v) is 21.8. The molecule has 0 spiro atoms. The summed E-state index contributed by atoms with van der Waals surface area (Å²) < 4.78 is 0. The van der Waals surface area contributed by atoms with Gasteiger partial charge in [-0.25, -0.2) is 0 Å². The smallest absolute Gasteiger partial charge is 0.0630 e. The van der Waals surface area contributed by atoms with Gasteiger partial charge in [0.05, 0.1) is 6.04 Å². The Balaban J connectivity index is 1.37. The molecule has 3 aromatic carbocycles. The monoisotopic (exact) mass is 495 g/mol. The summed E-state index contributed by atoms with van der Waals surface area (Å²) in [6, 6.07) is 24.6. The number of nitrogens with zero attached hydrogens (tertiary/aromatic N) is 1. The van der Waals surface area contributed by atoms with Crippen molar-refractivity contribution >= 4 is 51.2 Å². The molecule has 180 valence electrons. The highest BCUT2D eigenvalue weighted by molar-refractivity contribution is 7.13.